The Balaban J connectivity index is 1.63. The van der Waals surface area contributed by atoms with Gasteiger partial charge in [0, 0.05) is 12.1 Å². The Kier molecular flexibility index (Phi) is 1.88. The minimum absolute atomic E-state index is 0.513. The summed E-state index contributed by atoms with van der Waals surface area (Å²) in [5.74, 6) is 2.91. The highest BCUT2D eigenvalue weighted by atomic mass is 15.0. The third-order valence-corrected chi connectivity index (χ3v) is 4.23. The predicted octanol–water partition coefficient (Wildman–Crippen LogP) is 1.11. The first-order chi connectivity index (χ1) is 6.33. The second-order valence-corrected chi connectivity index (χ2v) is 5.35. The minimum atomic E-state index is 0.513. The van der Waals surface area contributed by atoms with Gasteiger partial charge in [0.2, 0.25) is 0 Å². The van der Waals surface area contributed by atoms with Gasteiger partial charge in [0.15, 0.2) is 0 Å². The van der Waals surface area contributed by atoms with Crippen LogP contribution in [-0.4, -0.2) is 18.6 Å². The molecule has 0 aromatic heterocycles. The highest BCUT2D eigenvalue weighted by Crippen LogP contribution is 2.43. The fourth-order valence-electron chi connectivity index (χ4n) is 3.35. The molecule has 2 saturated carbocycles. The molecule has 0 radical (unpaired) electrons. The Bertz CT molecular complexity index is 200. The molecule has 3 aliphatic rings. The van der Waals surface area contributed by atoms with E-state index in [1.165, 1.54) is 38.6 Å². The molecule has 4 atom stereocenters. The van der Waals surface area contributed by atoms with Crippen LogP contribution in [0.15, 0.2) is 0 Å². The number of nitrogens with one attached hydrogen (secondary N) is 1. The van der Waals surface area contributed by atoms with Crippen molar-refractivity contribution in [3.63, 3.8) is 0 Å². The van der Waals surface area contributed by atoms with Crippen molar-refractivity contribution in [2.24, 2.45) is 23.5 Å². The quantitative estimate of drug-likeness (QED) is 0.668. The zero-order valence-electron chi connectivity index (χ0n) is 8.21. The summed E-state index contributed by atoms with van der Waals surface area (Å²) in [5.41, 5.74) is 6.01. The summed E-state index contributed by atoms with van der Waals surface area (Å²) in [6.45, 7) is 1.25. The zero-order chi connectivity index (χ0) is 8.84. The molecule has 2 nitrogen and oxygen atoms in total. The van der Waals surface area contributed by atoms with E-state index in [9.17, 15) is 0 Å². The van der Waals surface area contributed by atoms with E-state index in [1.54, 1.807) is 0 Å². The Morgan fingerprint density at radius 1 is 1.23 bits per heavy atom. The van der Waals surface area contributed by atoms with Crippen molar-refractivity contribution < 1.29 is 0 Å². The molecule has 3 fully saturated rings. The fourth-order valence-corrected chi connectivity index (χ4v) is 3.35. The van der Waals surface area contributed by atoms with E-state index in [-0.39, 0.29) is 0 Å². The second-order valence-electron chi connectivity index (χ2n) is 5.35. The van der Waals surface area contributed by atoms with Crippen LogP contribution in [0.4, 0.5) is 0 Å². The summed E-state index contributed by atoms with van der Waals surface area (Å²) in [7, 11) is 0. The third-order valence-electron chi connectivity index (χ3n) is 4.23. The molecule has 74 valence electrons. The molecule has 0 spiro atoms. The fraction of sp³-hybridized carbons (Fsp3) is 1.00. The summed E-state index contributed by atoms with van der Waals surface area (Å²) in [5, 5.41) is 3.69. The Morgan fingerprint density at radius 3 is 2.85 bits per heavy atom. The lowest BCUT2D eigenvalue weighted by molar-refractivity contribution is 0.377. The molecular formula is C11H20N2. The Hall–Kier alpha value is -0.0800. The van der Waals surface area contributed by atoms with Crippen LogP contribution in [0.3, 0.4) is 0 Å². The predicted molar refractivity (Wildman–Crippen MR) is 53.3 cm³/mol. The van der Waals surface area contributed by atoms with E-state index in [0.29, 0.717) is 6.04 Å². The van der Waals surface area contributed by atoms with Gasteiger partial charge in [-0.3, -0.25) is 0 Å². The van der Waals surface area contributed by atoms with Crippen LogP contribution < -0.4 is 11.1 Å². The molecule has 2 heteroatoms. The van der Waals surface area contributed by atoms with Crippen LogP contribution in [-0.2, 0) is 0 Å². The maximum absolute atomic E-state index is 6.01. The van der Waals surface area contributed by atoms with E-state index >= 15 is 0 Å². The molecule has 4 unspecified atom stereocenters. The molecule has 1 aliphatic heterocycles. The lowest BCUT2D eigenvalue weighted by Crippen LogP contribution is -2.29. The van der Waals surface area contributed by atoms with Crippen molar-refractivity contribution in [3.8, 4) is 0 Å². The molecule has 1 heterocycles. The maximum atomic E-state index is 6.01. The summed E-state index contributed by atoms with van der Waals surface area (Å²) in [6.07, 6.45) is 6.98. The number of rotatable bonds is 2. The van der Waals surface area contributed by atoms with Gasteiger partial charge in [0.05, 0.1) is 0 Å². The molecule has 0 amide bonds. The van der Waals surface area contributed by atoms with Crippen LogP contribution >= 0.6 is 0 Å². The van der Waals surface area contributed by atoms with Crippen molar-refractivity contribution in [1.82, 2.24) is 5.32 Å². The van der Waals surface area contributed by atoms with E-state index in [0.717, 1.165) is 23.8 Å². The minimum Gasteiger partial charge on any atom is -0.328 e. The Morgan fingerprint density at radius 2 is 2.08 bits per heavy atom. The average Bonchev–Trinajstić information content (AvgIpc) is 2.73. The lowest BCUT2D eigenvalue weighted by Gasteiger charge is -2.18. The largest absolute Gasteiger partial charge is 0.328 e. The van der Waals surface area contributed by atoms with Crippen LogP contribution in [0.5, 0.6) is 0 Å². The molecule has 0 aromatic rings. The van der Waals surface area contributed by atoms with E-state index < -0.39 is 0 Å². The van der Waals surface area contributed by atoms with Crippen molar-refractivity contribution in [3.05, 3.63) is 0 Å². The van der Waals surface area contributed by atoms with Gasteiger partial charge >= 0.3 is 0 Å². The van der Waals surface area contributed by atoms with Crippen molar-refractivity contribution in [2.75, 3.05) is 6.54 Å². The molecule has 3 N–H and O–H groups in total. The second kappa shape index (κ2) is 2.96. The lowest BCUT2D eigenvalue weighted by atomic mass is 9.91. The highest BCUT2D eigenvalue weighted by Gasteiger charge is 2.43. The molecule has 3 rings (SSSR count). The Labute approximate surface area is 80.3 Å². The van der Waals surface area contributed by atoms with Gasteiger partial charge in [-0.2, -0.15) is 0 Å². The van der Waals surface area contributed by atoms with Crippen LogP contribution in [0.1, 0.15) is 32.1 Å². The smallest absolute Gasteiger partial charge is 0.0102 e. The van der Waals surface area contributed by atoms with Gasteiger partial charge in [0.1, 0.15) is 0 Å². The third kappa shape index (κ3) is 1.50. The first kappa shape index (κ1) is 8.25. The normalized spacial score (nSPS) is 49.6. The number of fused-ring (bicyclic) bond motifs is 1. The summed E-state index contributed by atoms with van der Waals surface area (Å²) >= 11 is 0. The van der Waals surface area contributed by atoms with Gasteiger partial charge in [-0.15, -0.1) is 0 Å². The van der Waals surface area contributed by atoms with E-state index in [4.69, 9.17) is 5.73 Å². The maximum Gasteiger partial charge on any atom is 0.0102 e. The first-order valence-corrected chi connectivity index (χ1v) is 5.82. The summed E-state index contributed by atoms with van der Waals surface area (Å²) < 4.78 is 0. The molecule has 2 aliphatic carbocycles. The molecular weight excluding hydrogens is 160 g/mol. The van der Waals surface area contributed by atoms with Gasteiger partial charge in [-0.25, -0.2) is 0 Å². The first-order valence-electron chi connectivity index (χ1n) is 5.82. The zero-order valence-corrected chi connectivity index (χ0v) is 8.21. The number of hydrogen-bond acceptors (Lipinski definition) is 2. The van der Waals surface area contributed by atoms with Crippen molar-refractivity contribution in [1.29, 1.82) is 0 Å². The number of nitrogens with two attached hydrogens (primary N) is 1. The average molecular weight is 180 g/mol. The number of hydrogen-bond donors (Lipinski definition) is 2. The van der Waals surface area contributed by atoms with Crippen LogP contribution in [0.25, 0.3) is 0 Å². The standard InChI is InChI=1S/C11H20N2/c12-9-4-8-6-13-11(10(8)5-9)3-7-1-2-7/h7-11,13H,1-6,12H2. The van der Waals surface area contributed by atoms with Gasteiger partial charge in [-0.1, -0.05) is 12.8 Å². The molecule has 1 saturated heterocycles. The van der Waals surface area contributed by atoms with Gasteiger partial charge in [-0.05, 0) is 43.6 Å². The highest BCUT2D eigenvalue weighted by molar-refractivity contribution is 4.99. The van der Waals surface area contributed by atoms with E-state index in [1.807, 2.05) is 0 Å². The SMILES string of the molecule is NC1CC2CNC(CC3CC3)C2C1. The molecule has 13 heavy (non-hydrogen) atoms. The van der Waals surface area contributed by atoms with E-state index in [2.05, 4.69) is 5.32 Å². The summed E-state index contributed by atoms with van der Waals surface area (Å²) in [6, 6.07) is 1.34. The monoisotopic (exact) mass is 180 g/mol. The molecule has 0 aromatic carbocycles. The van der Waals surface area contributed by atoms with Gasteiger partial charge < -0.3 is 11.1 Å². The van der Waals surface area contributed by atoms with Crippen molar-refractivity contribution >= 4 is 0 Å². The van der Waals surface area contributed by atoms with Gasteiger partial charge in [0.25, 0.3) is 0 Å². The van der Waals surface area contributed by atoms with Crippen molar-refractivity contribution in [2.45, 2.75) is 44.2 Å². The van der Waals surface area contributed by atoms with Crippen LogP contribution in [0, 0.1) is 17.8 Å². The van der Waals surface area contributed by atoms with Crippen LogP contribution in [0.2, 0.25) is 0 Å². The molecule has 0 bridgehead atoms. The summed E-state index contributed by atoms with van der Waals surface area (Å²) in [4.78, 5) is 0. The topological polar surface area (TPSA) is 38.0 Å².